The molecular formula is C11H14O3. The number of carbonyl (C=O) groups is 1. The van der Waals surface area contributed by atoms with Gasteiger partial charge in [0.25, 0.3) is 0 Å². The first-order chi connectivity index (χ1) is 6.76. The molecule has 1 atom stereocenters. The maximum absolute atomic E-state index is 10.4. The van der Waals surface area contributed by atoms with Crippen molar-refractivity contribution in [3.63, 3.8) is 0 Å². The van der Waals surface area contributed by atoms with E-state index in [2.05, 4.69) is 0 Å². The summed E-state index contributed by atoms with van der Waals surface area (Å²) >= 11 is 0. The number of rotatable bonds is 5. The summed E-state index contributed by atoms with van der Waals surface area (Å²) in [6.45, 7) is 2.48. The number of benzene rings is 1. The number of hydrogen-bond acceptors (Lipinski definition) is 3. The van der Waals surface area contributed by atoms with Gasteiger partial charge in [0.05, 0.1) is 6.61 Å². The van der Waals surface area contributed by atoms with Gasteiger partial charge >= 0.3 is 0 Å². The summed E-state index contributed by atoms with van der Waals surface area (Å²) in [7, 11) is 1.63. The lowest BCUT2D eigenvalue weighted by atomic mass is 10.2. The minimum absolute atomic E-state index is 0.0158. The van der Waals surface area contributed by atoms with Crippen molar-refractivity contribution in [2.75, 3.05) is 13.7 Å². The smallest absolute Gasteiger partial charge is 0.150 e. The van der Waals surface area contributed by atoms with Crippen LogP contribution in [0.2, 0.25) is 0 Å². The molecule has 0 N–H and O–H groups in total. The molecule has 3 nitrogen and oxygen atoms in total. The maximum atomic E-state index is 10.4. The van der Waals surface area contributed by atoms with E-state index in [9.17, 15) is 4.79 Å². The molecule has 1 aromatic rings. The second-order valence-corrected chi connectivity index (χ2v) is 3.07. The Kier molecular flexibility index (Phi) is 4.13. The third-order valence-electron chi connectivity index (χ3n) is 1.75. The largest absolute Gasteiger partial charge is 0.488 e. The van der Waals surface area contributed by atoms with Crippen molar-refractivity contribution in [1.82, 2.24) is 0 Å². The second kappa shape index (κ2) is 5.40. The zero-order valence-corrected chi connectivity index (χ0v) is 8.40. The maximum Gasteiger partial charge on any atom is 0.150 e. The fourth-order valence-corrected chi connectivity index (χ4v) is 1.13. The van der Waals surface area contributed by atoms with Gasteiger partial charge in [0.15, 0.2) is 0 Å². The van der Waals surface area contributed by atoms with E-state index in [0.717, 1.165) is 12.0 Å². The van der Waals surface area contributed by atoms with E-state index in [0.29, 0.717) is 12.2 Å². The topological polar surface area (TPSA) is 35.5 Å². The van der Waals surface area contributed by atoms with Crippen molar-refractivity contribution in [1.29, 1.82) is 0 Å². The van der Waals surface area contributed by atoms with E-state index < -0.39 is 0 Å². The Morgan fingerprint density at radius 2 is 2.00 bits per heavy atom. The fraction of sp³-hybridized carbons (Fsp3) is 0.364. The summed E-state index contributed by atoms with van der Waals surface area (Å²) in [4.78, 5) is 10.4. The molecule has 0 fully saturated rings. The summed E-state index contributed by atoms with van der Waals surface area (Å²) < 4.78 is 10.5. The van der Waals surface area contributed by atoms with Crippen molar-refractivity contribution >= 4 is 6.29 Å². The van der Waals surface area contributed by atoms with Crippen LogP contribution in [0, 0.1) is 0 Å². The number of hydrogen-bond donors (Lipinski definition) is 0. The lowest BCUT2D eigenvalue weighted by molar-refractivity contribution is 0.0920. The molecular weight excluding hydrogens is 180 g/mol. The van der Waals surface area contributed by atoms with Crippen molar-refractivity contribution in [2.45, 2.75) is 13.0 Å². The number of ether oxygens (including phenoxy) is 2. The van der Waals surface area contributed by atoms with E-state index in [1.165, 1.54) is 0 Å². The van der Waals surface area contributed by atoms with Crippen molar-refractivity contribution in [3.8, 4) is 5.75 Å². The monoisotopic (exact) mass is 194 g/mol. The van der Waals surface area contributed by atoms with E-state index in [4.69, 9.17) is 9.47 Å². The zero-order valence-electron chi connectivity index (χ0n) is 8.40. The number of aldehydes is 1. The molecule has 0 radical (unpaired) electrons. The number of carbonyl (C=O) groups excluding carboxylic acids is 1. The Morgan fingerprint density at radius 1 is 1.36 bits per heavy atom. The highest BCUT2D eigenvalue weighted by Gasteiger charge is 2.02. The molecule has 0 aromatic heterocycles. The van der Waals surface area contributed by atoms with Crippen LogP contribution in [0.25, 0.3) is 0 Å². The normalized spacial score (nSPS) is 12.1. The third kappa shape index (κ3) is 3.18. The minimum atomic E-state index is 0.0158. The van der Waals surface area contributed by atoms with Crippen LogP contribution >= 0.6 is 0 Å². The van der Waals surface area contributed by atoms with Crippen molar-refractivity contribution in [2.24, 2.45) is 0 Å². The third-order valence-corrected chi connectivity index (χ3v) is 1.75. The Hall–Kier alpha value is -1.35. The summed E-state index contributed by atoms with van der Waals surface area (Å²) in [5.41, 5.74) is 0.650. The van der Waals surface area contributed by atoms with Gasteiger partial charge < -0.3 is 9.47 Å². The van der Waals surface area contributed by atoms with Crippen molar-refractivity contribution in [3.05, 3.63) is 29.8 Å². The predicted molar refractivity (Wildman–Crippen MR) is 53.8 cm³/mol. The molecule has 0 amide bonds. The number of methoxy groups -OCH3 is 1. The first kappa shape index (κ1) is 10.7. The average Bonchev–Trinajstić information content (AvgIpc) is 2.19. The molecule has 0 saturated carbocycles. The lowest BCUT2D eigenvalue weighted by Gasteiger charge is -2.13. The molecule has 0 unspecified atom stereocenters. The Balaban J connectivity index is 2.55. The first-order valence-electron chi connectivity index (χ1n) is 4.47. The molecule has 0 aliphatic heterocycles. The fourth-order valence-electron chi connectivity index (χ4n) is 1.13. The molecule has 0 heterocycles. The Labute approximate surface area is 83.6 Å². The summed E-state index contributed by atoms with van der Waals surface area (Å²) in [6.07, 6.45) is 0.824. The van der Waals surface area contributed by atoms with Gasteiger partial charge in [-0.2, -0.15) is 0 Å². The van der Waals surface area contributed by atoms with Crippen LogP contribution in [0.3, 0.4) is 0 Å². The molecule has 0 bridgehead atoms. The molecule has 76 valence electrons. The van der Waals surface area contributed by atoms with Crippen LogP contribution in [-0.2, 0) is 4.74 Å². The zero-order chi connectivity index (χ0) is 10.4. The van der Waals surface area contributed by atoms with E-state index >= 15 is 0 Å². The minimum Gasteiger partial charge on any atom is -0.488 e. The molecule has 0 aliphatic rings. The molecule has 3 heteroatoms. The summed E-state index contributed by atoms with van der Waals surface area (Å²) in [5, 5.41) is 0. The Morgan fingerprint density at radius 3 is 2.50 bits per heavy atom. The van der Waals surface area contributed by atoms with Gasteiger partial charge in [-0.3, -0.25) is 4.79 Å². The van der Waals surface area contributed by atoms with Crippen LogP contribution in [0.1, 0.15) is 17.3 Å². The van der Waals surface area contributed by atoms with Gasteiger partial charge in [-0.25, -0.2) is 0 Å². The van der Waals surface area contributed by atoms with Crippen molar-refractivity contribution < 1.29 is 14.3 Å². The molecule has 0 spiro atoms. The highest BCUT2D eigenvalue weighted by molar-refractivity contribution is 5.74. The molecule has 1 aromatic carbocycles. The van der Waals surface area contributed by atoms with Crippen LogP contribution in [0.5, 0.6) is 5.75 Å². The van der Waals surface area contributed by atoms with E-state index in [-0.39, 0.29) is 6.10 Å². The molecule has 14 heavy (non-hydrogen) atoms. The summed E-state index contributed by atoms with van der Waals surface area (Å²) in [5.74, 6) is 0.750. The quantitative estimate of drug-likeness (QED) is 0.672. The first-order valence-corrected chi connectivity index (χ1v) is 4.47. The highest BCUT2D eigenvalue weighted by Crippen LogP contribution is 2.12. The van der Waals surface area contributed by atoms with Gasteiger partial charge in [0.1, 0.15) is 18.1 Å². The van der Waals surface area contributed by atoms with Gasteiger partial charge in [0.2, 0.25) is 0 Å². The van der Waals surface area contributed by atoms with Gasteiger partial charge in [0, 0.05) is 12.7 Å². The SMILES string of the molecule is COC[C@@H](C)Oc1ccc(C=O)cc1. The van der Waals surface area contributed by atoms with E-state index in [1.807, 2.05) is 6.92 Å². The van der Waals surface area contributed by atoms with Gasteiger partial charge in [-0.1, -0.05) is 0 Å². The molecule has 0 saturated heterocycles. The van der Waals surface area contributed by atoms with Crippen LogP contribution in [0.15, 0.2) is 24.3 Å². The predicted octanol–water partition coefficient (Wildman–Crippen LogP) is 1.91. The van der Waals surface area contributed by atoms with Crippen LogP contribution in [0.4, 0.5) is 0 Å². The van der Waals surface area contributed by atoms with Crippen LogP contribution in [-0.4, -0.2) is 26.1 Å². The van der Waals surface area contributed by atoms with E-state index in [1.54, 1.807) is 31.4 Å². The van der Waals surface area contributed by atoms with Gasteiger partial charge in [-0.15, -0.1) is 0 Å². The lowest BCUT2D eigenvalue weighted by Crippen LogP contribution is -2.17. The highest BCUT2D eigenvalue weighted by atomic mass is 16.5. The van der Waals surface area contributed by atoms with Gasteiger partial charge in [-0.05, 0) is 31.2 Å². The second-order valence-electron chi connectivity index (χ2n) is 3.07. The molecule has 1 rings (SSSR count). The standard InChI is InChI=1S/C11H14O3/c1-9(8-13-2)14-11-5-3-10(7-12)4-6-11/h3-7,9H,8H2,1-2H3/t9-/m1/s1. The Bertz CT molecular complexity index is 279. The van der Waals surface area contributed by atoms with Crippen LogP contribution < -0.4 is 4.74 Å². The average molecular weight is 194 g/mol. The molecule has 0 aliphatic carbocycles. The summed E-state index contributed by atoms with van der Waals surface area (Å²) in [6, 6.07) is 7.00.